The van der Waals surface area contributed by atoms with E-state index in [0.717, 1.165) is 30.8 Å². The van der Waals surface area contributed by atoms with E-state index in [-0.39, 0.29) is 5.60 Å². The van der Waals surface area contributed by atoms with Gasteiger partial charge in [-0.05, 0) is 68.4 Å². The topological polar surface area (TPSA) is 18.5 Å². The van der Waals surface area contributed by atoms with Crippen molar-refractivity contribution in [1.29, 1.82) is 0 Å². The normalized spacial score (nSPS) is 19.0. The summed E-state index contributed by atoms with van der Waals surface area (Å²) in [6.45, 7) is 13.2. The molecule has 0 spiro atoms. The molecule has 3 rings (SSSR count). The molecule has 0 amide bonds. The van der Waals surface area contributed by atoms with Crippen LogP contribution in [0.3, 0.4) is 0 Å². The largest absolute Gasteiger partial charge is 0.488 e. The van der Waals surface area contributed by atoms with Gasteiger partial charge >= 0.3 is 0 Å². The smallest absolute Gasteiger partial charge is 0.127 e. The van der Waals surface area contributed by atoms with Crippen molar-refractivity contribution < 1.29 is 9.47 Å². The fourth-order valence-corrected chi connectivity index (χ4v) is 3.67. The van der Waals surface area contributed by atoms with E-state index in [1.807, 2.05) is 24.3 Å². The van der Waals surface area contributed by atoms with Gasteiger partial charge in [-0.2, -0.15) is 0 Å². The second kappa shape index (κ2) is 6.95. The zero-order valence-corrected chi connectivity index (χ0v) is 15.8. The van der Waals surface area contributed by atoms with E-state index in [1.54, 1.807) is 0 Å². The maximum absolute atomic E-state index is 6.45. The van der Waals surface area contributed by atoms with Gasteiger partial charge in [-0.1, -0.05) is 43.8 Å². The fraction of sp³-hybridized carbons (Fsp3) is 0.391. The van der Waals surface area contributed by atoms with Crippen molar-refractivity contribution in [3.8, 4) is 11.5 Å². The third-order valence-electron chi connectivity index (χ3n) is 5.61. The summed E-state index contributed by atoms with van der Waals surface area (Å²) in [5.41, 5.74) is 5.80. The molecular weight excluding hydrogens is 308 g/mol. The molecule has 0 aliphatic carbocycles. The molecule has 1 atom stereocenters. The monoisotopic (exact) mass is 336 g/mol. The van der Waals surface area contributed by atoms with Gasteiger partial charge in [-0.25, -0.2) is 0 Å². The van der Waals surface area contributed by atoms with Crippen molar-refractivity contribution in [2.24, 2.45) is 0 Å². The molecular formula is C23H28O2. The first kappa shape index (κ1) is 17.6. The Labute approximate surface area is 151 Å². The lowest BCUT2D eigenvalue weighted by molar-refractivity contribution is 0.0893. The van der Waals surface area contributed by atoms with Crippen molar-refractivity contribution in [2.45, 2.75) is 59.2 Å². The molecule has 132 valence electrons. The van der Waals surface area contributed by atoms with Crippen molar-refractivity contribution in [1.82, 2.24) is 0 Å². The molecule has 1 heterocycles. The first-order valence-corrected chi connectivity index (χ1v) is 9.13. The predicted molar refractivity (Wildman–Crippen MR) is 104 cm³/mol. The van der Waals surface area contributed by atoms with Gasteiger partial charge in [0.05, 0.1) is 0 Å². The average molecular weight is 336 g/mol. The number of benzene rings is 2. The minimum absolute atomic E-state index is 0.233. The minimum Gasteiger partial charge on any atom is -0.488 e. The Balaban J connectivity index is 1.95. The molecule has 2 aromatic rings. The molecule has 25 heavy (non-hydrogen) atoms. The third-order valence-corrected chi connectivity index (χ3v) is 5.61. The van der Waals surface area contributed by atoms with Crippen LogP contribution < -0.4 is 9.47 Å². The van der Waals surface area contributed by atoms with Crippen molar-refractivity contribution in [2.75, 3.05) is 0 Å². The van der Waals surface area contributed by atoms with E-state index < -0.39 is 0 Å². The van der Waals surface area contributed by atoms with E-state index in [0.29, 0.717) is 6.61 Å². The number of hydrogen-bond acceptors (Lipinski definition) is 2. The summed E-state index contributed by atoms with van der Waals surface area (Å²) in [7, 11) is 0. The van der Waals surface area contributed by atoms with Gasteiger partial charge in [-0.3, -0.25) is 0 Å². The number of rotatable bonds is 5. The van der Waals surface area contributed by atoms with Crippen LogP contribution in [-0.2, 0) is 13.0 Å². The van der Waals surface area contributed by atoms with Crippen LogP contribution in [0.1, 0.15) is 47.6 Å². The molecule has 1 aliphatic rings. The summed E-state index contributed by atoms with van der Waals surface area (Å²) in [5.74, 6) is 2.04. The van der Waals surface area contributed by atoms with Gasteiger partial charge in [0, 0.05) is 5.56 Å². The lowest BCUT2D eigenvalue weighted by Gasteiger charge is -2.38. The molecule has 2 heteroatoms. The van der Waals surface area contributed by atoms with Crippen molar-refractivity contribution >= 4 is 0 Å². The SMILES string of the molecule is C=C[C@]1(CC)CCc2c(C)c(OCc3ccccc3)c(C)c(C)c2O1. The molecule has 0 radical (unpaired) electrons. The second-order valence-corrected chi connectivity index (χ2v) is 7.01. The summed E-state index contributed by atoms with van der Waals surface area (Å²) >= 11 is 0. The Hall–Kier alpha value is -2.22. The highest BCUT2D eigenvalue weighted by molar-refractivity contribution is 5.59. The quantitative estimate of drug-likeness (QED) is 0.638. The van der Waals surface area contributed by atoms with Gasteiger partial charge in [0.15, 0.2) is 0 Å². The average Bonchev–Trinajstić information content (AvgIpc) is 2.66. The first-order valence-electron chi connectivity index (χ1n) is 9.13. The van der Waals surface area contributed by atoms with Crippen molar-refractivity contribution in [3.63, 3.8) is 0 Å². The van der Waals surface area contributed by atoms with Crippen LogP contribution >= 0.6 is 0 Å². The van der Waals surface area contributed by atoms with Crippen LogP contribution in [0.25, 0.3) is 0 Å². The van der Waals surface area contributed by atoms with Gasteiger partial charge < -0.3 is 9.47 Å². The van der Waals surface area contributed by atoms with E-state index in [4.69, 9.17) is 9.47 Å². The fourth-order valence-electron chi connectivity index (χ4n) is 3.67. The summed E-state index contributed by atoms with van der Waals surface area (Å²) in [6, 6.07) is 10.3. The lowest BCUT2D eigenvalue weighted by atomic mass is 9.85. The molecule has 0 saturated heterocycles. The molecule has 0 fully saturated rings. The predicted octanol–water partition coefficient (Wildman–Crippen LogP) is 5.85. The molecule has 0 bridgehead atoms. The maximum atomic E-state index is 6.45. The van der Waals surface area contributed by atoms with Crippen LogP contribution in [0.15, 0.2) is 43.0 Å². The first-order chi connectivity index (χ1) is 12.0. The second-order valence-electron chi connectivity index (χ2n) is 7.01. The maximum Gasteiger partial charge on any atom is 0.127 e. The molecule has 0 saturated carbocycles. The van der Waals surface area contributed by atoms with Gasteiger partial charge in [-0.15, -0.1) is 0 Å². The van der Waals surface area contributed by atoms with Gasteiger partial charge in [0.25, 0.3) is 0 Å². The molecule has 2 nitrogen and oxygen atoms in total. The molecule has 2 aromatic carbocycles. The highest BCUT2D eigenvalue weighted by Gasteiger charge is 2.34. The Morgan fingerprint density at radius 1 is 1.12 bits per heavy atom. The number of ether oxygens (including phenoxy) is 2. The Kier molecular flexibility index (Phi) is 4.89. The highest BCUT2D eigenvalue weighted by atomic mass is 16.5. The van der Waals surface area contributed by atoms with Crippen LogP contribution in [0.2, 0.25) is 0 Å². The standard InChI is InChI=1S/C23H28O2/c1-6-23(7-2)14-13-20-18(5)21(16(3)17(4)22(20)25-23)24-15-19-11-9-8-10-12-19/h6,8-12H,1,7,13-15H2,2-5H3/t23-/m0/s1. The van der Waals surface area contributed by atoms with Gasteiger partial charge in [0.1, 0.15) is 23.7 Å². The highest BCUT2D eigenvalue weighted by Crippen LogP contribution is 2.45. The van der Waals surface area contributed by atoms with Gasteiger partial charge in [0.2, 0.25) is 0 Å². The van der Waals surface area contributed by atoms with E-state index in [2.05, 4.69) is 46.4 Å². The van der Waals surface area contributed by atoms with Crippen molar-refractivity contribution in [3.05, 3.63) is 70.8 Å². The van der Waals surface area contributed by atoms with Crippen LogP contribution in [0, 0.1) is 20.8 Å². The molecule has 0 unspecified atom stereocenters. The van der Waals surface area contributed by atoms with Crippen LogP contribution in [0.5, 0.6) is 11.5 Å². The molecule has 0 N–H and O–H groups in total. The minimum atomic E-state index is -0.233. The summed E-state index contributed by atoms with van der Waals surface area (Å²) in [5, 5.41) is 0. The lowest BCUT2D eigenvalue weighted by Crippen LogP contribution is -2.37. The van der Waals surface area contributed by atoms with E-state index in [9.17, 15) is 0 Å². The molecule has 1 aliphatic heterocycles. The Morgan fingerprint density at radius 3 is 2.48 bits per heavy atom. The number of fused-ring (bicyclic) bond motifs is 1. The van der Waals surface area contributed by atoms with Crippen LogP contribution in [-0.4, -0.2) is 5.60 Å². The summed E-state index contributed by atoms with van der Waals surface area (Å²) in [6.07, 6.45) is 4.89. The summed E-state index contributed by atoms with van der Waals surface area (Å²) in [4.78, 5) is 0. The molecule has 0 aromatic heterocycles. The third kappa shape index (κ3) is 3.18. The number of hydrogen-bond donors (Lipinski definition) is 0. The Morgan fingerprint density at radius 2 is 1.84 bits per heavy atom. The zero-order valence-electron chi connectivity index (χ0n) is 15.8. The summed E-state index contributed by atoms with van der Waals surface area (Å²) < 4.78 is 12.7. The Bertz CT molecular complexity index is 777. The zero-order chi connectivity index (χ0) is 18.0. The van der Waals surface area contributed by atoms with Crippen LogP contribution in [0.4, 0.5) is 0 Å². The van der Waals surface area contributed by atoms with E-state index >= 15 is 0 Å². The van der Waals surface area contributed by atoms with E-state index in [1.165, 1.54) is 27.8 Å².